The summed E-state index contributed by atoms with van der Waals surface area (Å²) < 4.78 is 5.52. The zero-order chi connectivity index (χ0) is 9.90. The maximum absolute atomic E-state index is 5.74. The zero-order valence-corrected chi connectivity index (χ0v) is 9.05. The first-order valence-corrected chi connectivity index (χ1v) is 5.06. The number of likely N-dealkylation sites (tertiary alicyclic amines) is 1. The van der Waals surface area contributed by atoms with Gasteiger partial charge in [-0.2, -0.15) is 0 Å². The first-order valence-electron chi connectivity index (χ1n) is 5.06. The van der Waals surface area contributed by atoms with Crippen LogP contribution in [0.2, 0.25) is 0 Å². The fourth-order valence-corrected chi connectivity index (χ4v) is 2.04. The average molecular weight is 186 g/mol. The van der Waals surface area contributed by atoms with Crippen LogP contribution in [-0.4, -0.2) is 44.3 Å². The molecule has 0 saturated carbocycles. The smallest absolute Gasteiger partial charge is 0.0801 e. The standard InChI is InChI=1S/C10H22N2O/c1-10(8-11,13-3)9-4-6-12(2)7-5-9/h9H,4-8,11H2,1-3H3. The second kappa shape index (κ2) is 4.40. The molecule has 3 nitrogen and oxygen atoms in total. The number of piperidine rings is 1. The number of methoxy groups -OCH3 is 1. The van der Waals surface area contributed by atoms with Crippen molar-refractivity contribution in [1.29, 1.82) is 0 Å². The van der Waals surface area contributed by atoms with Crippen LogP contribution in [0.25, 0.3) is 0 Å². The van der Waals surface area contributed by atoms with Crippen molar-refractivity contribution in [3.63, 3.8) is 0 Å². The van der Waals surface area contributed by atoms with Crippen molar-refractivity contribution in [2.45, 2.75) is 25.4 Å². The molecule has 0 aromatic heterocycles. The van der Waals surface area contributed by atoms with Crippen LogP contribution >= 0.6 is 0 Å². The van der Waals surface area contributed by atoms with Crippen LogP contribution < -0.4 is 5.73 Å². The summed E-state index contributed by atoms with van der Waals surface area (Å²) in [4.78, 5) is 2.36. The SMILES string of the molecule is COC(C)(CN)C1CCN(C)CC1. The molecular formula is C10H22N2O. The monoisotopic (exact) mass is 186 g/mol. The van der Waals surface area contributed by atoms with Gasteiger partial charge in [0.1, 0.15) is 0 Å². The molecule has 1 unspecified atom stereocenters. The molecule has 1 atom stereocenters. The number of nitrogens with zero attached hydrogens (tertiary/aromatic N) is 1. The molecule has 0 aliphatic carbocycles. The van der Waals surface area contributed by atoms with Crippen molar-refractivity contribution in [3.05, 3.63) is 0 Å². The van der Waals surface area contributed by atoms with Gasteiger partial charge in [-0.05, 0) is 45.8 Å². The summed E-state index contributed by atoms with van der Waals surface area (Å²) in [6, 6.07) is 0. The van der Waals surface area contributed by atoms with Gasteiger partial charge in [-0.1, -0.05) is 0 Å². The lowest BCUT2D eigenvalue weighted by Gasteiger charge is -2.40. The summed E-state index contributed by atoms with van der Waals surface area (Å²) in [6.45, 7) is 5.09. The first-order chi connectivity index (χ1) is 6.12. The minimum absolute atomic E-state index is 0.110. The van der Waals surface area contributed by atoms with Crippen LogP contribution in [0.15, 0.2) is 0 Å². The third kappa shape index (κ3) is 2.42. The van der Waals surface area contributed by atoms with Crippen LogP contribution in [0.3, 0.4) is 0 Å². The Morgan fingerprint density at radius 1 is 1.46 bits per heavy atom. The lowest BCUT2D eigenvalue weighted by Crippen LogP contribution is -2.48. The fourth-order valence-electron chi connectivity index (χ4n) is 2.04. The Morgan fingerprint density at radius 3 is 2.38 bits per heavy atom. The van der Waals surface area contributed by atoms with Crippen LogP contribution in [0.4, 0.5) is 0 Å². The van der Waals surface area contributed by atoms with E-state index in [0.717, 1.165) is 0 Å². The number of hydrogen-bond acceptors (Lipinski definition) is 3. The predicted molar refractivity (Wildman–Crippen MR) is 54.7 cm³/mol. The van der Waals surface area contributed by atoms with Gasteiger partial charge in [-0.15, -0.1) is 0 Å². The lowest BCUT2D eigenvalue weighted by atomic mass is 9.81. The summed E-state index contributed by atoms with van der Waals surface area (Å²) in [7, 11) is 3.94. The van der Waals surface area contributed by atoms with Crippen molar-refractivity contribution >= 4 is 0 Å². The molecule has 1 aliphatic rings. The number of ether oxygens (including phenoxy) is 1. The third-order valence-corrected chi connectivity index (χ3v) is 3.45. The minimum Gasteiger partial charge on any atom is -0.377 e. The van der Waals surface area contributed by atoms with Crippen molar-refractivity contribution < 1.29 is 4.74 Å². The van der Waals surface area contributed by atoms with Gasteiger partial charge in [0.05, 0.1) is 5.60 Å². The van der Waals surface area contributed by atoms with Gasteiger partial charge >= 0.3 is 0 Å². The zero-order valence-electron chi connectivity index (χ0n) is 9.05. The average Bonchev–Trinajstić information content (AvgIpc) is 2.18. The molecular weight excluding hydrogens is 164 g/mol. The Kier molecular flexibility index (Phi) is 3.71. The van der Waals surface area contributed by atoms with Crippen LogP contribution in [0, 0.1) is 5.92 Å². The molecule has 1 fully saturated rings. The summed E-state index contributed by atoms with van der Waals surface area (Å²) in [5.41, 5.74) is 5.63. The fraction of sp³-hybridized carbons (Fsp3) is 1.00. The Morgan fingerprint density at radius 2 is 2.00 bits per heavy atom. The largest absolute Gasteiger partial charge is 0.377 e. The highest BCUT2D eigenvalue weighted by Gasteiger charge is 2.34. The molecule has 0 radical (unpaired) electrons. The van der Waals surface area contributed by atoms with Gasteiger partial charge in [-0.3, -0.25) is 0 Å². The summed E-state index contributed by atoms with van der Waals surface area (Å²) in [6.07, 6.45) is 2.41. The molecule has 78 valence electrons. The highest BCUT2D eigenvalue weighted by Crippen LogP contribution is 2.29. The normalized spacial score (nSPS) is 25.8. The molecule has 1 rings (SSSR count). The minimum atomic E-state index is -0.110. The van der Waals surface area contributed by atoms with Gasteiger partial charge < -0.3 is 15.4 Å². The Hall–Kier alpha value is -0.120. The van der Waals surface area contributed by atoms with E-state index in [-0.39, 0.29) is 5.60 Å². The number of nitrogens with two attached hydrogens (primary N) is 1. The first kappa shape index (κ1) is 11.0. The Bertz CT molecular complexity index is 149. The molecule has 0 aromatic rings. The topological polar surface area (TPSA) is 38.5 Å². The van der Waals surface area contributed by atoms with Gasteiger partial charge in [0.2, 0.25) is 0 Å². The number of hydrogen-bond donors (Lipinski definition) is 1. The van der Waals surface area contributed by atoms with E-state index >= 15 is 0 Å². The van der Waals surface area contributed by atoms with E-state index in [1.165, 1.54) is 25.9 Å². The number of rotatable bonds is 3. The van der Waals surface area contributed by atoms with Gasteiger partial charge in [0.15, 0.2) is 0 Å². The second-order valence-electron chi connectivity index (χ2n) is 4.30. The van der Waals surface area contributed by atoms with Crippen molar-refractivity contribution in [1.82, 2.24) is 4.90 Å². The molecule has 13 heavy (non-hydrogen) atoms. The maximum atomic E-state index is 5.74. The Balaban J connectivity index is 2.51. The molecule has 3 heteroatoms. The summed E-state index contributed by atoms with van der Waals surface area (Å²) in [5.74, 6) is 0.624. The summed E-state index contributed by atoms with van der Waals surface area (Å²) in [5, 5.41) is 0. The van der Waals surface area contributed by atoms with Crippen molar-refractivity contribution in [2.75, 3.05) is 33.8 Å². The highest BCUT2D eigenvalue weighted by molar-refractivity contribution is 4.88. The molecule has 1 heterocycles. The van der Waals surface area contributed by atoms with Gasteiger partial charge in [-0.25, -0.2) is 0 Å². The molecule has 0 amide bonds. The van der Waals surface area contributed by atoms with E-state index in [9.17, 15) is 0 Å². The van der Waals surface area contributed by atoms with Crippen molar-refractivity contribution in [2.24, 2.45) is 11.7 Å². The molecule has 0 bridgehead atoms. The van der Waals surface area contributed by atoms with E-state index in [2.05, 4.69) is 18.9 Å². The second-order valence-corrected chi connectivity index (χ2v) is 4.30. The molecule has 0 aromatic carbocycles. The van der Waals surface area contributed by atoms with Crippen LogP contribution in [0.1, 0.15) is 19.8 Å². The predicted octanol–water partition coefficient (Wildman–Crippen LogP) is 0.692. The van der Waals surface area contributed by atoms with Crippen molar-refractivity contribution in [3.8, 4) is 0 Å². The highest BCUT2D eigenvalue weighted by atomic mass is 16.5. The van der Waals surface area contributed by atoms with E-state index < -0.39 is 0 Å². The maximum Gasteiger partial charge on any atom is 0.0801 e. The lowest BCUT2D eigenvalue weighted by molar-refractivity contribution is -0.0537. The quantitative estimate of drug-likeness (QED) is 0.705. The molecule has 1 aliphatic heterocycles. The third-order valence-electron chi connectivity index (χ3n) is 3.45. The molecule has 0 spiro atoms. The molecule has 1 saturated heterocycles. The van der Waals surface area contributed by atoms with Gasteiger partial charge in [0.25, 0.3) is 0 Å². The molecule has 2 N–H and O–H groups in total. The van der Waals surface area contributed by atoms with E-state index in [1.807, 2.05) is 0 Å². The van der Waals surface area contributed by atoms with Crippen LogP contribution in [0.5, 0.6) is 0 Å². The van der Waals surface area contributed by atoms with E-state index in [4.69, 9.17) is 10.5 Å². The van der Waals surface area contributed by atoms with E-state index in [1.54, 1.807) is 7.11 Å². The summed E-state index contributed by atoms with van der Waals surface area (Å²) >= 11 is 0. The van der Waals surface area contributed by atoms with Gasteiger partial charge in [0, 0.05) is 13.7 Å². The Labute approximate surface area is 81.2 Å². The van der Waals surface area contributed by atoms with E-state index in [0.29, 0.717) is 12.5 Å². The van der Waals surface area contributed by atoms with Crippen LogP contribution in [-0.2, 0) is 4.74 Å².